The summed E-state index contributed by atoms with van der Waals surface area (Å²) in [7, 11) is 0. The molecule has 3 N–H and O–H groups in total. The zero-order valence-corrected chi connectivity index (χ0v) is 20.6. The number of halogens is 3. The van der Waals surface area contributed by atoms with Crippen LogP contribution in [0.15, 0.2) is 35.3 Å². The Labute approximate surface area is 211 Å². The summed E-state index contributed by atoms with van der Waals surface area (Å²) in [6, 6.07) is 8.23. The SMILES string of the molecule is CC1(C)Cc2cc(Nc3nn(C4(CCC#N)CCCOC4)c4cc[nH]c(=O)c34)ccc2C1(O)C(F)(F)F. The molecule has 8 nitrogen and oxygen atoms in total. The molecule has 1 fully saturated rings. The molecule has 3 aromatic rings. The number of H-pyrrole nitrogens is 1. The Bertz CT molecular complexity index is 1450. The first-order valence-corrected chi connectivity index (χ1v) is 12.2. The van der Waals surface area contributed by atoms with Gasteiger partial charge in [0.2, 0.25) is 0 Å². The van der Waals surface area contributed by atoms with Gasteiger partial charge in [-0.15, -0.1) is 0 Å². The van der Waals surface area contributed by atoms with Crippen molar-refractivity contribution in [2.45, 2.75) is 63.3 Å². The first kappa shape index (κ1) is 25.3. The van der Waals surface area contributed by atoms with E-state index < -0.39 is 22.7 Å². The number of aromatic amines is 1. The molecule has 1 saturated heterocycles. The van der Waals surface area contributed by atoms with Crippen molar-refractivity contribution in [1.82, 2.24) is 14.8 Å². The molecule has 1 aromatic carbocycles. The number of alkyl halides is 3. The summed E-state index contributed by atoms with van der Waals surface area (Å²) in [6.45, 7) is 3.75. The highest BCUT2D eigenvalue weighted by atomic mass is 19.4. The van der Waals surface area contributed by atoms with Crippen molar-refractivity contribution < 1.29 is 23.0 Å². The van der Waals surface area contributed by atoms with E-state index in [0.29, 0.717) is 48.2 Å². The third-order valence-electron chi connectivity index (χ3n) is 7.84. The van der Waals surface area contributed by atoms with Gasteiger partial charge >= 0.3 is 6.18 Å². The average Bonchev–Trinajstić information content (AvgIpc) is 3.31. The number of pyridine rings is 1. The molecule has 5 rings (SSSR count). The number of hydrogen-bond acceptors (Lipinski definition) is 6. The highest BCUT2D eigenvalue weighted by Gasteiger charge is 2.66. The van der Waals surface area contributed by atoms with Crippen LogP contribution < -0.4 is 10.9 Å². The molecular weight excluding hydrogens is 487 g/mol. The van der Waals surface area contributed by atoms with E-state index in [1.165, 1.54) is 32.2 Å². The molecular formula is C26H28F3N5O3. The predicted octanol–water partition coefficient (Wildman–Crippen LogP) is 4.61. The molecule has 1 aliphatic heterocycles. The maximum atomic E-state index is 13.9. The van der Waals surface area contributed by atoms with Gasteiger partial charge in [-0.3, -0.25) is 9.48 Å². The summed E-state index contributed by atoms with van der Waals surface area (Å²) < 4.78 is 49.4. The quantitative estimate of drug-likeness (QED) is 0.457. The molecule has 2 aliphatic rings. The van der Waals surface area contributed by atoms with Crippen LogP contribution in [0.3, 0.4) is 0 Å². The Hall–Kier alpha value is -3.36. The fourth-order valence-corrected chi connectivity index (χ4v) is 5.94. The molecule has 0 saturated carbocycles. The molecule has 0 bridgehead atoms. The number of anilines is 2. The molecule has 196 valence electrons. The second kappa shape index (κ2) is 8.60. The van der Waals surface area contributed by atoms with Crippen molar-refractivity contribution in [3.63, 3.8) is 0 Å². The topological polar surface area (TPSA) is 116 Å². The van der Waals surface area contributed by atoms with Crippen LogP contribution in [0, 0.1) is 16.7 Å². The fraction of sp³-hybridized carbons (Fsp3) is 0.500. The first-order chi connectivity index (χ1) is 17.4. The van der Waals surface area contributed by atoms with E-state index in [4.69, 9.17) is 9.84 Å². The molecule has 3 heterocycles. The molecule has 11 heteroatoms. The van der Waals surface area contributed by atoms with E-state index in [1.807, 2.05) is 0 Å². The fourth-order valence-electron chi connectivity index (χ4n) is 5.94. The van der Waals surface area contributed by atoms with Crippen LogP contribution in [-0.2, 0) is 22.3 Å². The van der Waals surface area contributed by atoms with Crippen LogP contribution in [-0.4, -0.2) is 39.3 Å². The van der Waals surface area contributed by atoms with Crippen LogP contribution >= 0.6 is 0 Å². The van der Waals surface area contributed by atoms with Gasteiger partial charge in [0.25, 0.3) is 5.56 Å². The van der Waals surface area contributed by atoms with E-state index in [1.54, 1.807) is 16.8 Å². The van der Waals surface area contributed by atoms with Gasteiger partial charge in [0.15, 0.2) is 11.4 Å². The number of fused-ring (bicyclic) bond motifs is 2. The number of nitrogens with one attached hydrogen (secondary N) is 2. The number of ether oxygens (including phenoxy) is 1. The molecule has 2 atom stereocenters. The summed E-state index contributed by atoms with van der Waals surface area (Å²) in [5.74, 6) is 0.252. The zero-order valence-electron chi connectivity index (χ0n) is 20.6. The van der Waals surface area contributed by atoms with Gasteiger partial charge in [-0.05, 0) is 55.0 Å². The molecule has 0 spiro atoms. The summed E-state index contributed by atoms with van der Waals surface area (Å²) in [5, 5.41) is 28.2. The van der Waals surface area contributed by atoms with Crippen molar-refractivity contribution in [1.29, 1.82) is 5.26 Å². The van der Waals surface area contributed by atoms with Crippen molar-refractivity contribution in [3.8, 4) is 6.07 Å². The second-order valence-electron chi connectivity index (χ2n) is 10.6. The van der Waals surface area contributed by atoms with E-state index in [0.717, 1.165) is 12.8 Å². The normalized spacial score (nSPS) is 25.1. The number of aromatic nitrogens is 3. The zero-order chi connectivity index (χ0) is 26.6. The van der Waals surface area contributed by atoms with Crippen LogP contribution in [0.5, 0.6) is 0 Å². The summed E-state index contributed by atoms with van der Waals surface area (Å²) >= 11 is 0. The molecule has 2 aromatic heterocycles. The Morgan fingerprint density at radius 1 is 1.32 bits per heavy atom. The highest BCUT2D eigenvalue weighted by molar-refractivity contribution is 5.91. The first-order valence-electron chi connectivity index (χ1n) is 12.2. The lowest BCUT2D eigenvalue weighted by atomic mass is 9.75. The van der Waals surface area contributed by atoms with Gasteiger partial charge < -0.3 is 20.1 Å². The lowest BCUT2D eigenvalue weighted by molar-refractivity contribution is -0.299. The lowest BCUT2D eigenvalue weighted by Gasteiger charge is -2.38. The van der Waals surface area contributed by atoms with E-state index in [-0.39, 0.29) is 23.4 Å². The second-order valence-corrected chi connectivity index (χ2v) is 10.6. The van der Waals surface area contributed by atoms with Crippen molar-refractivity contribution in [2.24, 2.45) is 5.41 Å². The minimum atomic E-state index is -4.83. The van der Waals surface area contributed by atoms with E-state index >= 15 is 0 Å². The van der Waals surface area contributed by atoms with Gasteiger partial charge in [-0.25, -0.2) is 0 Å². The third kappa shape index (κ3) is 3.81. The number of benzene rings is 1. The van der Waals surface area contributed by atoms with Gasteiger partial charge in [0.05, 0.1) is 23.7 Å². The Morgan fingerprint density at radius 2 is 2.11 bits per heavy atom. The third-order valence-corrected chi connectivity index (χ3v) is 7.84. The maximum absolute atomic E-state index is 13.9. The summed E-state index contributed by atoms with van der Waals surface area (Å²) in [5.41, 5.74) is -4.17. The van der Waals surface area contributed by atoms with Gasteiger partial charge in [0, 0.05) is 30.3 Å². The smallest absolute Gasteiger partial charge is 0.379 e. The van der Waals surface area contributed by atoms with Crippen LogP contribution in [0.4, 0.5) is 24.7 Å². The number of aliphatic hydroxyl groups is 1. The Morgan fingerprint density at radius 3 is 2.78 bits per heavy atom. The molecule has 0 amide bonds. The Balaban J connectivity index is 1.59. The largest absolute Gasteiger partial charge is 0.421 e. The molecule has 1 aliphatic carbocycles. The number of hydrogen-bond donors (Lipinski definition) is 3. The maximum Gasteiger partial charge on any atom is 0.421 e. The number of nitrogens with zero attached hydrogens (tertiary/aromatic N) is 3. The van der Waals surface area contributed by atoms with Crippen LogP contribution in [0.25, 0.3) is 10.9 Å². The predicted molar refractivity (Wildman–Crippen MR) is 130 cm³/mol. The monoisotopic (exact) mass is 515 g/mol. The number of rotatable bonds is 5. The van der Waals surface area contributed by atoms with Gasteiger partial charge in [-0.2, -0.15) is 23.5 Å². The minimum absolute atomic E-state index is 0.0260. The van der Waals surface area contributed by atoms with Gasteiger partial charge in [-0.1, -0.05) is 19.9 Å². The molecule has 2 unspecified atom stereocenters. The van der Waals surface area contributed by atoms with Gasteiger partial charge in [0.1, 0.15) is 5.39 Å². The van der Waals surface area contributed by atoms with Crippen molar-refractivity contribution in [3.05, 3.63) is 51.9 Å². The van der Waals surface area contributed by atoms with E-state index in [2.05, 4.69) is 16.4 Å². The molecule has 0 radical (unpaired) electrons. The molecule has 37 heavy (non-hydrogen) atoms. The summed E-state index contributed by atoms with van der Waals surface area (Å²) in [6.07, 6.45) is -0.986. The van der Waals surface area contributed by atoms with Crippen LogP contribution in [0.2, 0.25) is 0 Å². The van der Waals surface area contributed by atoms with E-state index in [9.17, 15) is 28.3 Å². The van der Waals surface area contributed by atoms with Crippen molar-refractivity contribution >= 4 is 22.4 Å². The standard InChI is InChI=1S/C26H28F3N5O3/c1-23(2)14-16-13-17(5-6-18(16)25(23,36)26(27,28)29)32-21-20-19(7-11-31-22(20)35)34(33-21)24(8-3-10-30)9-4-12-37-15-24/h5-7,11,13,36H,3-4,8-9,12,14-15H2,1-2H3,(H,31,35)(H,32,33). The number of nitriles is 1. The lowest BCUT2D eigenvalue weighted by Crippen LogP contribution is -2.50. The van der Waals surface area contributed by atoms with Crippen molar-refractivity contribution in [2.75, 3.05) is 18.5 Å². The minimum Gasteiger partial charge on any atom is -0.379 e. The Kier molecular flexibility index (Phi) is 5.88. The van der Waals surface area contributed by atoms with Crippen LogP contribution in [0.1, 0.15) is 50.7 Å². The summed E-state index contributed by atoms with van der Waals surface area (Å²) in [4.78, 5) is 15.5. The highest BCUT2D eigenvalue weighted by Crippen LogP contribution is 2.58. The average molecular weight is 516 g/mol.